The third-order valence-electron chi connectivity index (χ3n) is 3.68. The molecule has 0 aliphatic rings. The van der Waals surface area contributed by atoms with Crippen LogP contribution in [0.25, 0.3) is 0 Å². The number of hydrogen-bond acceptors (Lipinski definition) is 4. The van der Waals surface area contributed by atoms with Crippen LogP contribution in [0.3, 0.4) is 0 Å². The van der Waals surface area contributed by atoms with E-state index in [-0.39, 0.29) is 17.7 Å². The van der Waals surface area contributed by atoms with E-state index in [1.165, 1.54) is 0 Å². The van der Waals surface area contributed by atoms with E-state index < -0.39 is 10.1 Å². The van der Waals surface area contributed by atoms with Crippen LogP contribution in [0.2, 0.25) is 0 Å². The highest BCUT2D eigenvalue weighted by molar-refractivity contribution is 7.86. The fraction of sp³-hybridized carbons (Fsp3) is 0.316. The number of benzene rings is 2. The summed E-state index contributed by atoms with van der Waals surface area (Å²) in [6.07, 6.45) is 1.00. The molecular weight excluding hydrogens is 338 g/mol. The zero-order chi connectivity index (χ0) is 18.6. The summed E-state index contributed by atoms with van der Waals surface area (Å²) in [6, 6.07) is 14.2. The smallest absolute Gasteiger partial charge is 0.306 e. The first-order valence-electron chi connectivity index (χ1n) is 8.02. The number of nitrogens with zero attached hydrogens (tertiary/aromatic N) is 1. The van der Waals surface area contributed by atoms with E-state index in [0.29, 0.717) is 12.1 Å². The lowest BCUT2D eigenvalue weighted by Gasteiger charge is -2.27. The standard InChI is InChI=1S/C19H23NO4S/c1-14(2)20(19(21)17-10-8-15(3)9-11-17)13-16-6-5-7-18(12-16)24-25(4,22)23/h5-12,14H,13H2,1-4H3. The molecule has 2 aromatic rings. The quantitative estimate of drug-likeness (QED) is 0.740. The fourth-order valence-corrected chi connectivity index (χ4v) is 2.87. The van der Waals surface area contributed by atoms with Crippen molar-refractivity contribution in [1.82, 2.24) is 4.90 Å². The van der Waals surface area contributed by atoms with Crippen LogP contribution in [0.1, 0.15) is 35.3 Å². The molecule has 6 heteroatoms. The van der Waals surface area contributed by atoms with Crippen molar-refractivity contribution in [3.8, 4) is 5.75 Å². The third-order valence-corrected chi connectivity index (χ3v) is 4.18. The first-order chi connectivity index (χ1) is 11.7. The second kappa shape index (κ2) is 7.70. The van der Waals surface area contributed by atoms with Gasteiger partial charge >= 0.3 is 10.1 Å². The van der Waals surface area contributed by atoms with Gasteiger partial charge in [0.15, 0.2) is 0 Å². The van der Waals surface area contributed by atoms with Gasteiger partial charge in [0.2, 0.25) is 0 Å². The molecule has 0 saturated carbocycles. The minimum Gasteiger partial charge on any atom is -0.383 e. The van der Waals surface area contributed by atoms with Crippen molar-refractivity contribution in [3.05, 3.63) is 65.2 Å². The zero-order valence-corrected chi connectivity index (χ0v) is 15.7. The number of carbonyl (C=O) groups excluding carboxylic acids is 1. The highest BCUT2D eigenvalue weighted by Gasteiger charge is 2.19. The molecule has 0 bridgehead atoms. The van der Waals surface area contributed by atoms with Crippen LogP contribution in [0.15, 0.2) is 48.5 Å². The minimum atomic E-state index is -3.58. The lowest BCUT2D eigenvalue weighted by Crippen LogP contribution is -2.36. The van der Waals surface area contributed by atoms with E-state index in [0.717, 1.165) is 17.4 Å². The van der Waals surface area contributed by atoms with Crippen LogP contribution in [-0.2, 0) is 16.7 Å². The summed E-state index contributed by atoms with van der Waals surface area (Å²) in [6.45, 7) is 6.24. The Bertz CT molecular complexity index is 842. The molecule has 0 aromatic heterocycles. The minimum absolute atomic E-state index is 0.00622. The van der Waals surface area contributed by atoms with Gasteiger partial charge in [0.25, 0.3) is 5.91 Å². The summed E-state index contributed by atoms with van der Waals surface area (Å²) in [5.74, 6) is 0.177. The Hall–Kier alpha value is -2.34. The number of hydrogen-bond donors (Lipinski definition) is 0. The second-order valence-electron chi connectivity index (χ2n) is 6.33. The molecule has 5 nitrogen and oxygen atoms in total. The average molecular weight is 361 g/mol. The van der Waals surface area contributed by atoms with Crippen LogP contribution in [0.4, 0.5) is 0 Å². The van der Waals surface area contributed by atoms with E-state index >= 15 is 0 Å². The molecule has 0 aliphatic heterocycles. The number of carbonyl (C=O) groups is 1. The van der Waals surface area contributed by atoms with Crippen molar-refractivity contribution < 1.29 is 17.4 Å². The molecule has 2 rings (SSSR count). The highest BCUT2D eigenvalue weighted by Crippen LogP contribution is 2.19. The number of amides is 1. The van der Waals surface area contributed by atoms with E-state index in [1.54, 1.807) is 23.1 Å². The molecule has 1 amide bonds. The molecule has 0 atom stereocenters. The average Bonchev–Trinajstić information content (AvgIpc) is 2.51. The SMILES string of the molecule is Cc1ccc(C(=O)N(Cc2cccc(OS(C)(=O)=O)c2)C(C)C)cc1. The Morgan fingerprint density at radius 3 is 2.32 bits per heavy atom. The maximum Gasteiger partial charge on any atom is 0.306 e. The van der Waals surface area contributed by atoms with Gasteiger partial charge in [-0.05, 0) is 50.6 Å². The van der Waals surface area contributed by atoms with Crippen molar-refractivity contribution in [3.63, 3.8) is 0 Å². The Morgan fingerprint density at radius 1 is 1.12 bits per heavy atom. The lowest BCUT2D eigenvalue weighted by molar-refractivity contribution is 0.0690. The predicted molar refractivity (Wildman–Crippen MR) is 98.1 cm³/mol. The molecule has 0 N–H and O–H groups in total. The molecule has 2 aromatic carbocycles. The van der Waals surface area contributed by atoms with Gasteiger partial charge in [-0.15, -0.1) is 0 Å². The first kappa shape index (κ1) is 19.0. The molecule has 0 heterocycles. The normalized spacial score (nSPS) is 11.4. The summed E-state index contributed by atoms with van der Waals surface area (Å²) in [5, 5.41) is 0. The fourth-order valence-electron chi connectivity index (χ4n) is 2.42. The van der Waals surface area contributed by atoms with Gasteiger partial charge in [-0.1, -0.05) is 29.8 Å². The maximum absolute atomic E-state index is 12.8. The third kappa shape index (κ3) is 5.60. The molecule has 134 valence electrons. The van der Waals surface area contributed by atoms with Crippen molar-refractivity contribution in [2.75, 3.05) is 6.26 Å². The Labute approximate surface area is 149 Å². The summed E-state index contributed by atoms with van der Waals surface area (Å²) in [5.41, 5.74) is 2.52. The van der Waals surface area contributed by atoms with Gasteiger partial charge in [0.05, 0.1) is 6.26 Å². The first-order valence-corrected chi connectivity index (χ1v) is 9.83. The summed E-state index contributed by atoms with van der Waals surface area (Å²) < 4.78 is 27.5. The zero-order valence-electron chi connectivity index (χ0n) is 14.9. The Kier molecular flexibility index (Phi) is 5.85. The van der Waals surface area contributed by atoms with Gasteiger partial charge in [0.1, 0.15) is 5.75 Å². The Morgan fingerprint density at radius 2 is 1.76 bits per heavy atom. The van der Waals surface area contributed by atoms with Crippen LogP contribution in [-0.4, -0.2) is 31.5 Å². The Balaban J connectivity index is 2.23. The van der Waals surface area contributed by atoms with E-state index in [4.69, 9.17) is 4.18 Å². The summed E-state index contributed by atoms with van der Waals surface area (Å²) in [4.78, 5) is 14.6. The topological polar surface area (TPSA) is 63.7 Å². The van der Waals surface area contributed by atoms with Crippen molar-refractivity contribution in [1.29, 1.82) is 0 Å². The van der Waals surface area contributed by atoms with E-state index in [1.807, 2.05) is 51.1 Å². The monoisotopic (exact) mass is 361 g/mol. The van der Waals surface area contributed by atoms with Crippen molar-refractivity contribution in [2.45, 2.75) is 33.4 Å². The molecule has 0 radical (unpaired) electrons. The highest BCUT2D eigenvalue weighted by atomic mass is 32.2. The molecule has 0 unspecified atom stereocenters. The number of aryl methyl sites for hydroxylation is 1. The molecule has 0 fully saturated rings. The van der Waals surface area contributed by atoms with Crippen LogP contribution in [0, 0.1) is 6.92 Å². The molecule has 0 spiro atoms. The number of rotatable bonds is 6. The maximum atomic E-state index is 12.8. The van der Waals surface area contributed by atoms with Crippen LogP contribution in [0.5, 0.6) is 5.75 Å². The summed E-state index contributed by atoms with van der Waals surface area (Å²) >= 11 is 0. The largest absolute Gasteiger partial charge is 0.383 e. The van der Waals surface area contributed by atoms with Crippen LogP contribution >= 0.6 is 0 Å². The van der Waals surface area contributed by atoms with Gasteiger partial charge in [-0.2, -0.15) is 8.42 Å². The van der Waals surface area contributed by atoms with Gasteiger partial charge in [-0.25, -0.2) is 0 Å². The van der Waals surface area contributed by atoms with E-state index in [2.05, 4.69) is 0 Å². The van der Waals surface area contributed by atoms with Gasteiger partial charge < -0.3 is 9.08 Å². The molecular formula is C19H23NO4S. The molecule has 0 saturated heterocycles. The van der Waals surface area contributed by atoms with Crippen molar-refractivity contribution in [2.24, 2.45) is 0 Å². The lowest BCUT2D eigenvalue weighted by atomic mass is 10.1. The molecule has 25 heavy (non-hydrogen) atoms. The van der Waals surface area contributed by atoms with E-state index in [9.17, 15) is 13.2 Å². The van der Waals surface area contributed by atoms with Gasteiger partial charge in [0, 0.05) is 18.2 Å². The summed E-state index contributed by atoms with van der Waals surface area (Å²) in [7, 11) is -3.58. The predicted octanol–water partition coefficient (Wildman–Crippen LogP) is 3.38. The second-order valence-corrected chi connectivity index (χ2v) is 7.90. The molecule has 0 aliphatic carbocycles. The van der Waals surface area contributed by atoms with Gasteiger partial charge in [-0.3, -0.25) is 4.79 Å². The van der Waals surface area contributed by atoms with Crippen molar-refractivity contribution >= 4 is 16.0 Å². The van der Waals surface area contributed by atoms with Crippen LogP contribution < -0.4 is 4.18 Å².